The van der Waals surface area contributed by atoms with Crippen LogP contribution in [0.5, 0.6) is 11.6 Å². The molecule has 0 saturated carbocycles. The standard InChI is InChI=1S/C20H13ClN2O3S/c1-25-20(24)13-4-8-15(9-5-13)26-18-17-16(10-27-19(17)23-11-22-18)12-2-6-14(21)7-3-12/h2-11H,1H3. The first-order valence-corrected chi connectivity index (χ1v) is 9.26. The van der Waals surface area contributed by atoms with E-state index in [1.54, 1.807) is 24.3 Å². The van der Waals surface area contributed by atoms with E-state index in [0.717, 1.165) is 21.3 Å². The van der Waals surface area contributed by atoms with Gasteiger partial charge in [0.05, 0.1) is 18.1 Å². The predicted molar refractivity (Wildman–Crippen MR) is 106 cm³/mol. The fourth-order valence-corrected chi connectivity index (χ4v) is 3.69. The Morgan fingerprint density at radius 3 is 2.48 bits per heavy atom. The number of halogens is 1. The highest BCUT2D eigenvalue weighted by Crippen LogP contribution is 2.39. The molecule has 0 unspecified atom stereocenters. The number of aromatic nitrogens is 2. The monoisotopic (exact) mass is 396 g/mol. The molecule has 0 N–H and O–H groups in total. The Morgan fingerprint density at radius 1 is 1.04 bits per heavy atom. The summed E-state index contributed by atoms with van der Waals surface area (Å²) in [4.78, 5) is 21.0. The van der Waals surface area contributed by atoms with Gasteiger partial charge in [-0.1, -0.05) is 23.7 Å². The SMILES string of the molecule is COC(=O)c1ccc(Oc2ncnc3scc(-c4ccc(Cl)cc4)c23)cc1. The lowest BCUT2D eigenvalue weighted by Gasteiger charge is -2.08. The molecule has 0 amide bonds. The van der Waals surface area contributed by atoms with E-state index in [1.165, 1.54) is 24.8 Å². The molecule has 0 atom stereocenters. The first-order chi connectivity index (χ1) is 13.2. The maximum atomic E-state index is 11.6. The average molecular weight is 397 g/mol. The van der Waals surface area contributed by atoms with E-state index in [1.807, 2.05) is 29.6 Å². The van der Waals surface area contributed by atoms with Crippen molar-refractivity contribution in [3.8, 4) is 22.8 Å². The zero-order chi connectivity index (χ0) is 18.8. The second kappa shape index (κ2) is 7.34. The average Bonchev–Trinajstić information content (AvgIpc) is 3.14. The highest BCUT2D eigenvalue weighted by molar-refractivity contribution is 7.17. The van der Waals surface area contributed by atoms with Crippen LogP contribution in [0.4, 0.5) is 0 Å². The van der Waals surface area contributed by atoms with Crippen molar-refractivity contribution >= 4 is 39.1 Å². The first kappa shape index (κ1) is 17.5. The molecule has 7 heteroatoms. The smallest absolute Gasteiger partial charge is 0.337 e. The second-order valence-corrected chi connectivity index (χ2v) is 6.93. The molecule has 0 bridgehead atoms. The predicted octanol–water partition coefficient (Wildman–Crippen LogP) is 5.59. The Bertz CT molecular complexity index is 1110. The van der Waals surface area contributed by atoms with E-state index in [0.29, 0.717) is 22.2 Å². The van der Waals surface area contributed by atoms with Crippen LogP contribution in [0.15, 0.2) is 60.2 Å². The van der Waals surface area contributed by atoms with Crippen LogP contribution in [0.3, 0.4) is 0 Å². The van der Waals surface area contributed by atoms with Crippen molar-refractivity contribution in [2.45, 2.75) is 0 Å². The van der Waals surface area contributed by atoms with Crippen molar-refractivity contribution in [3.05, 3.63) is 70.8 Å². The van der Waals surface area contributed by atoms with Crippen molar-refractivity contribution in [2.75, 3.05) is 7.11 Å². The fraction of sp³-hybridized carbons (Fsp3) is 0.0500. The Kier molecular flexibility index (Phi) is 4.75. The quantitative estimate of drug-likeness (QED) is 0.421. The number of fused-ring (bicyclic) bond motifs is 1. The number of hydrogen-bond acceptors (Lipinski definition) is 6. The first-order valence-electron chi connectivity index (χ1n) is 8.00. The number of nitrogens with zero attached hydrogens (tertiary/aromatic N) is 2. The van der Waals surface area contributed by atoms with E-state index in [9.17, 15) is 4.79 Å². The molecule has 2 aromatic heterocycles. The number of hydrogen-bond donors (Lipinski definition) is 0. The van der Waals surface area contributed by atoms with Gasteiger partial charge < -0.3 is 9.47 Å². The van der Waals surface area contributed by atoms with E-state index in [-0.39, 0.29) is 0 Å². The van der Waals surface area contributed by atoms with Crippen LogP contribution in [-0.2, 0) is 4.74 Å². The van der Waals surface area contributed by atoms with Crippen molar-refractivity contribution in [3.63, 3.8) is 0 Å². The van der Waals surface area contributed by atoms with Crippen LogP contribution >= 0.6 is 22.9 Å². The van der Waals surface area contributed by atoms with Gasteiger partial charge in [0.15, 0.2) is 0 Å². The van der Waals surface area contributed by atoms with Crippen LogP contribution in [0.1, 0.15) is 10.4 Å². The molecule has 27 heavy (non-hydrogen) atoms. The fourth-order valence-electron chi connectivity index (χ4n) is 2.66. The third-order valence-electron chi connectivity index (χ3n) is 3.98. The Morgan fingerprint density at radius 2 is 1.78 bits per heavy atom. The molecule has 4 aromatic rings. The number of ether oxygens (including phenoxy) is 2. The molecule has 0 aliphatic rings. The molecule has 2 aromatic carbocycles. The van der Waals surface area contributed by atoms with E-state index in [2.05, 4.69) is 9.97 Å². The lowest BCUT2D eigenvalue weighted by atomic mass is 10.1. The van der Waals surface area contributed by atoms with Gasteiger partial charge in [0, 0.05) is 16.0 Å². The van der Waals surface area contributed by atoms with Crippen LogP contribution < -0.4 is 4.74 Å². The van der Waals surface area contributed by atoms with E-state index >= 15 is 0 Å². The van der Waals surface area contributed by atoms with Crippen molar-refractivity contribution in [2.24, 2.45) is 0 Å². The summed E-state index contributed by atoms with van der Waals surface area (Å²) in [5.74, 6) is 0.627. The van der Waals surface area contributed by atoms with Gasteiger partial charge in [-0.15, -0.1) is 11.3 Å². The normalized spacial score (nSPS) is 10.7. The van der Waals surface area contributed by atoms with Gasteiger partial charge in [-0.25, -0.2) is 14.8 Å². The third-order valence-corrected chi connectivity index (χ3v) is 5.12. The number of esters is 1. The Labute approximate surface area is 164 Å². The van der Waals surface area contributed by atoms with Gasteiger partial charge in [-0.3, -0.25) is 0 Å². The lowest BCUT2D eigenvalue weighted by Crippen LogP contribution is -2.00. The number of carbonyl (C=O) groups excluding carboxylic acids is 1. The summed E-state index contributed by atoms with van der Waals surface area (Å²) < 4.78 is 10.7. The summed E-state index contributed by atoms with van der Waals surface area (Å²) in [5, 5.41) is 3.54. The van der Waals surface area contributed by atoms with Gasteiger partial charge in [0.2, 0.25) is 5.88 Å². The number of carbonyl (C=O) groups is 1. The largest absolute Gasteiger partial charge is 0.465 e. The van der Waals surface area contributed by atoms with Gasteiger partial charge in [-0.05, 0) is 42.0 Å². The summed E-state index contributed by atoms with van der Waals surface area (Å²) in [6.45, 7) is 0. The molecule has 4 rings (SSSR count). The molecule has 0 fully saturated rings. The van der Waals surface area contributed by atoms with Gasteiger partial charge >= 0.3 is 5.97 Å². The zero-order valence-corrected chi connectivity index (χ0v) is 15.8. The molecular weight excluding hydrogens is 384 g/mol. The Balaban J connectivity index is 1.73. The van der Waals surface area contributed by atoms with E-state index < -0.39 is 5.97 Å². The topological polar surface area (TPSA) is 61.3 Å². The summed E-state index contributed by atoms with van der Waals surface area (Å²) in [5.41, 5.74) is 2.44. The number of methoxy groups -OCH3 is 1. The molecule has 0 aliphatic carbocycles. The van der Waals surface area contributed by atoms with Gasteiger partial charge in [-0.2, -0.15) is 0 Å². The molecule has 0 saturated heterocycles. The van der Waals surface area contributed by atoms with Crippen molar-refractivity contribution in [1.29, 1.82) is 0 Å². The summed E-state index contributed by atoms with van der Waals surface area (Å²) >= 11 is 7.52. The summed E-state index contributed by atoms with van der Waals surface area (Å²) in [6.07, 6.45) is 1.47. The summed E-state index contributed by atoms with van der Waals surface area (Å²) in [6, 6.07) is 14.3. The maximum Gasteiger partial charge on any atom is 0.337 e. The molecule has 5 nitrogen and oxygen atoms in total. The van der Waals surface area contributed by atoms with Crippen LogP contribution in [0.25, 0.3) is 21.3 Å². The minimum atomic E-state index is -0.395. The van der Waals surface area contributed by atoms with E-state index in [4.69, 9.17) is 21.1 Å². The molecule has 2 heterocycles. The molecule has 134 valence electrons. The Hall–Kier alpha value is -2.96. The van der Waals surface area contributed by atoms with Crippen LogP contribution in [0.2, 0.25) is 5.02 Å². The maximum absolute atomic E-state index is 11.6. The second-order valence-electron chi connectivity index (χ2n) is 5.63. The van der Waals surface area contributed by atoms with Crippen LogP contribution in [-0.4, -0.2) is 23.0 Å². The third kappa shape index (κ3) is 3.49. The lowest BCUT2D eigenvalue weighted by molar-refractivity contribution is 0.0600. The highest BCUT2D eigenvalue weighted by Gasteiger charge is 2.15. The number of benzene rings is 2. The zero-order valence-electron chi connectivity index (χ0n) is 14.2. The molecular formula is C20H13ClN2O3S. The summed E-state index contributed by atoms with van der Waals surface area (Å²) in [7, 11) is 1.35. The van der Waals surface area contributed by atoms with Crippen molar-refractivity contribution < 1.29 is 14.3 Å². The van der Waals surface area contributed by atoms with Gasteiger partial charge in [0.25, 0.3) is 0 Å². The molecule has 0 radical (unpaired) electrons. The number of rotatable bonds is 4. The van der Waals surface area contributed by atoms with Gasteiger partial charge in [0.1, 0.15) is 16.9 Å². The minimum absolute atomic E-state index is 0.395. The number of thiophene rings is 1. The minimum Gasteiger partial charge on any atom is -0.465 e. The van der Waals surface area contributed by atoms with Crippen LogP contribution in [0, 0.1) is 0 Å². The molecule has 0 spiro atoms. The molecule has 0 aliphatic heterocycles. The highest BCUT2D eigenvalue weighted by atomic mass is 35.5. The van der Waals surface area contributed by atoms with Crippen molar-refractivity contribution in [1.82, 2.24) is 9.97 Å².